The van der Waals surface area contributed by atoms with Crippen LogP contribution in [0.3, 0.4) is 0 Å². The molecule has 0 saturated carbocycles. The maximum atomic E-state index is 14.3. The lowest BCUT2D eigenvalue weighted by molar-refractivity contribution is -0.697. The monoisotopic (exact) mass is 764 g/mol. The molecule has 0 aliphatic carbocycles. The maximum absolute atomic E-state index is 14.3. The Morgan fingerprint density at radius 1 is 0.407 bits per heavy atom. The minimum Gasteiger partial charge on any atom is -0.306 e. The van der Waals surface area contributed by atoms with Crippen molar-refractivity contribution < 1.29 is 18.7 Å². The fourth-order valence-corrected chi connectivity index (χ4v) is 9.50. The molecule has 6 rings (SSSR count). The fraction of sp³-hybridized carbons (Fsp3) is 0.478. The molecule has 2 aliphatic rings. The van der Waals surface area contributed by atoms with Gasteiger partial charge < -0.3 is 9.80 Å². The molecule has 0 aromatic carbocycles. The van der Waals surface area contributed by atoms with Crippen molar-refractivity contribution in [2.75, 3.05) is 13.1 Å². The van der Waals surface area contributed by atoms with Crippen LogP contribution in [0, 0.1) is 0 Å². The van der Waals surface area contributed by atoms with E-state index in [0.717, 1.165) is 59.9 Å². The quantitative estimate of drug-likeness (QED) is 0.0472. The van der Waals surface area contributed by atoms with Crippen molar-refractivity contribution >= 4 is 45.9 Å². The van der Waals surface area contributed by atoms with E-state index in [1.165, 1.54) is 89.9 Å². The number of fused-ring (bicyclic) bond motifs is 1. The summed E-state index contributed by atoms with van der Waals surface area (Å²) in [5, 5.41) is 4.10. The molecule has 0 unspecified atom stereocenters. The first-order valence-electron chi connectivity index (χ1n) is 20.8. The summed E-state index contributed by atoms with van der Waals surface area (Å²) in [7, 11) is 0. The highest BCUT2D eigenvalue weighted by atomic mass is 32.1. The van der Waals surface area contributed by atoms with Gasteiger partial charge in [0.2, 0.25) is 0 Å². The number of carbonyl (C=O) groups is 2. The van der Waals surface area contributed by atoms with Crippen molar-refractivity contribution in [3.63, 3.8) is 0 Å². The Balaban J connectivity index is 0.948. The molecule has 2 aliphatic heterocycles. The highest BCUT2D eigenvalue weighted by Gasteiger charge is 2.48. The molecule has 8 heteroatoms. The summed E-state index contributed by atoms with van der Waals surface area (Å²) >= 11 is 3.25. The number of thiophene rings is 2. The van der Waals surface area contributed by atoms with Crippen LogP contribution in [-0.4, -0.2) is 34.7 Å². The number of carbonyl (C=O) groups excluding carboxylic acids is 2. The van der Waals surface area contributed by atoms with E-state index < -0.39 is 0 Å². The van der Waals surface area contributed by atoms with Crippen LogP contribution in [0.15, 0.2) is 107 Å². The lowest BCUT2D eigenvalue weighted by Gasteiger charge is -2.24. The highest BCUT2D eigenvalue weighted by Crippen LogP contribution is 2.48. The largest absolute Gasteiger partial charge is 0.306 e. The zero-order valence-electron chi connectivity index (χ0n) is 32.2. The van der Waals surface area contributed by atoms with Gasteiger partial charge in [0.15, 0.2) is 24.8 Å². The second kappa shape index (κ2) is 21.9. The molecular weight excluding hydrogens is 705 g/mol. The number of aromatic nitrogens is 2. The van der Waals surface area contributed by atoms with E-state index in [4.69, 9.17) is 0 Å². The van der Waals surface area contributed by atoms with E-state index in [0.29, 0.717) is 24.2 Å². The molecule has 6 heterocycles. The topological polar surface area (TPSA) is 48.4 Å². The zero-order valence-corrected chi connectivity index (χ0v) is 33.8. The van der Waals surface area contributed by atoms with Crippen molar-refractivity contribution in [1.82, 2.24) is 9.80 Å². The van der Waals surface area contributed by atoms with Gasteiger partial charge in [0, 0.05) is 50.2 Å². The molecule has 54 heavy (non-hydrogen) atoms. The van der Waals surface area contributed by atoms with Crippen molar-refractivity contribution in [2.24, 2.45) is 0 Å². The zero-order chi connectivity index (χ0) is 37.2. The van der Waals surface area contributed by atoms with Crippen LogP contribution in [-0.2, 0) is 22.7 Å². The van der Waals surface area contributed by atoms with E-state index in [1.54, 1.807) is 22.7 Å². The van der Waals surface area contributed by atoms with Gasteiger partial charge in [-0.25, -0.2) is 9.13 Å². The van der Waals surface area contributed by atoms with Gasteiger partial charge >= 0.3 is 0 Å². The van der Waals surface area contributed by atoms with Crippen LogP contribution in [0.25, 0.3) is 11.4 Å². The third-order valence-electron chi connectivity index (χ3n) is 10.8. The Hall–Kier alpha value is -3.88. The predicted octanol–water partition coefficient (Wildman–Crippen LogP) is 10.6. The number of pyridine rings is 2. The summed E-state index contributed by atoms with van der Waals surface area (Å²) in [5.41, 5.74) is 2.93. The van der Waals surface area contributed by atoms with Crippen LogP contribution in [0.1, 0.15) is 125 Å². The number of amides is 2. The molecule has 0 N–H and O–H groups in total. The van der Waals surface area contributed by atoms with Crippen LogP contribution in [0.2, 0.25) is 0 Å². The molecule has 0 atom stereocenters. The molecular formula is C46H60N4O2S2+2. The molecule has 0 fully saturated rings. The van der Waals surface area contributed by atoms with E-state index in [1.807, 2.05) is 21.9 Å². The molecule has 4 aromatic heterocycles. The van der Waals surface area contributed by atoms with E-state index in [9.17, 15) is 9.59 Å². The van der Waals surface area contributed by atoms with Gasteiger partial charge in [-0.05, 0) is 48.6 Å². The van der Waals surface area contributed by atoms with Gasteiger partial charge in [-0.15, -0.1) is 22.7 Å². The Kier molecular flexibility index (Phi) is 16.1. The Morgan fingerprint density at radius 3 is 1.07 bits per heavy atom. The Labute approximate surface area is 331 Å². The van der Waals surface area contributed by atoms with Crippen molar-refractivity contribution in [2.45, 2.75) is 129 Å². The summed E-state index contributed by atoms with van der Waals surface area (Å²) in [6, 6.07) is 20.7. The van der Waals surface area contributed by atoms with Crippen LogP contribution >= 0.6 is 22.7 Å². The average Bonchev–Trinajstić information content (AvgIpc) is 4.02. The molecule has 6 nitrogen and oxygen atoms in total. The SMILES string of the molecule is O=C1C2=C(c3cccs3)N(CCCCCCCCCCC[n+]3ccccc3)C(=O)C2=C(c2cccs2)N1CCCCCCCCCCC[n+]1ccccc1. The second-order valence-electron chi connectivity index (χ2n) is 14.9. The minimum absolute atomic E-state index is 0.00341. The average molecular weight is 765 g/mol. The highest BCUT2D eigenvalue weighted by molar-refractivity contribution is 7.11. The Bertz CT molecular complexity index is 1640. The first-order valence-corrected chi connectivity index (χ1v) is 22.6. The van der Waals surface area contributed by atoms with Crippen molar-refractivity contribution in [1.29, 1.82) is 0 Å². The number of hydrogen-bond donors (Lipinski definition) is 0. The van der Waals surface area contributed by atoms with Crippen molar-refractivity contribution in [3.8, 4) is 0 Å². The van der Waals surface area contributed by atoms with Gasteiger partial charge in [0.25, 0.3) is 11.8 Å². The third kappa shape index (κ3) is 11.1. The molecule has 4 aromatic rings. The van der Waals surface area contributed by atoms with Gasteiger partial charge in [0.1, 0.15) is 13.1 Å². The number of hydrogen-bond acceptors (Lipinski definition) is 4. The molecule has 0 spiro atoms. The number of nitrogens with zero attached hydrogens (tertiary/aromatic N) is 4. The summed E-state index contributed by atoms with van der Waals surface area (Å²) in [4.78, 5) is 34.6. The normalized spacial score (nSPS) is 14.3. The van der Waals surface area contributed by atoms with E-state index in [-0.39, 0.29) is 11.8 Å². The van der Waals surface area contributed by atoms with Crippen LogP contribution < -0.4 is 9.13 Å². The van der Waals surface area contributed by atoms with Gasteiger partial charge in [-0.2, -0.15) is 0 Å². The predicted molar refractivity (Wildman–Crippen MR) is 222 cm³/mol. The van der Waals surface area contributed by atoms with Crippen LogP contribution in [0.4, 0.5) is 0 Å². The number of unbranched alkanes of at least 4 members (excludes halogenated alkanes) is 16. The number of aryl methyl sites for hydroxylation is 2. The van der Waals surface area contributed by atoms with E-state index >= 15 is 0 Å². The standard InChI is InChI=1S/C46H60N4O2S2/c51-45-42-41(43(39-27-25-37-53-39)49(45)35-23-13-9-5-1-3-7-11-17-29-47-31-19-15-20-32-47)46(52)50(44(42)40-28-26-38-54-40)36-24-14-10-6-2-4-8-12-18-30-48-33-21-16-22-34-48/h15-16,19-22,25-28,31-34,37-38H,1-14,17-18,23-24,29-30,35-36H2/q+2. The Morgan fingerprint density at radius 2 is 0.741 bits per heavy atom. The molecule has 0 radical (unpaired) electrons. The molecule has 286 valence electrons. The third-order valence-corrected chi connectivity index (χ3v) is 12.6. The first-order chi connectivity index (χ1) is 26.7. The lowest BCUT2D eigenvalue weighted by atomic mass is 10.1. The molecule has 0 saturated heterocycles. The van der Waals surface area contributed by atoms with Crippen molar-refractivity contribution in [3.05, 3.63) is 117 Å². The summed E-state index contributed by atoms with van der Waals surface area (Å²) in [5.74, 6) is 0.00681. The molecule has 2 amide bonds. The number of rotatable bonds is 26. The lowest BCUT2D eigenvalue weighted by Crippen LogP contribution is -2.32. The summed E-state index contributed by atoms with van der Waals surface area (Å²) < 4.78 is 4.53. The minimum atomic E-state index is 0.00341. The van der Waals surface area contributed by atoms with E-state index in [2.05, 4.69) is 93.2 Å². The molecule has 0 bridgehead atoms. The first kappa shape index (κ1) is 39.8. The summed E-state index contributed by atoms with van der Waals surface area (Å²) in [6.45, 7) is 3.53. The fourth-order valence-electron chi connectivity index (χ4n) is 7.93. The second-order valence-corrected chi connectivity index (χ2v) is 16.8. The smallest absolute Gasteiger partial charge is 0.261 e. The van der Waals surface area contributed by atoms with Crippen LogP contribution in [0.5, 0.6) is 0 Å². The summed E-state index contributed by atoms with van der Waals surface area (Å²) in [6.07, 6.45) is 30.4. The van der Waals surface area contributed by atoms with Gasteiger partial charge in [-0.1, -0.05) is 101 Å². The van der Waals surface area contributed by atoms with Gasteiger partial charge in [0.05, 0.1) is 32.3 Å². The maximum Gasteiger partial charge on any atom is 0.261 e. The van der Waals surface area contributed by atoms with Gasteiger partial charge in [-0.3, -0.25) is 9.59 Å².